The maximum atomic E-state index is 6.29. The first-order valence-electron chi connectivity index (χ1n) is 10.4. The van der Waals surface area contributed by atoms with Crippen molar-refractivity contribution in [2.24, 2.45) is 0 Å². The number of nitrogens with zero attached hydrogens (tertiary/aromatic N) is 2. The van der Waals surface area contributed by atoms with Gasteiger partial charge in [0.15, 0.2) is 5.75 Å². The Balaban J connectivity index is 1.67. The van der Waals surface area contributed by atoms with Crippen LogP contribution in [-0.2, 0) is 0 Å². The van der Waals surface area contributed by atoms with Gasteiger partial charge in [-0.2, -0.15) is 5.10 Å². The maximum Gasteiger partial charge on any atom is 0.173 e. The molecule has 0 radical (unpaired) electrons. The Morgan fingerprint density at radius 1 is 0.758 bits per heavy atom. The molecule has 0 aliphatic rings. The summed E-state index contributed by atoms with van der Waals surface area (Å²) in [5.74, 6) is 2.18. The lowest BCUT2D eigenvalue weighted by Crippen LogP contribution is -2.00. The van der Waals surface area contributed by atoms with E-state index in [-0.39, 0.29) is 0 Å². The zero-order valence-corrected chi connectivity index (χ0v) is 19.6. The van der Waals surface area contributed by atoms with Crippen LogP contribution in [0.5, 0.6) is 17.2 Å². The lowest BCUT2D eigenvalue weighted by Gasteiger charge is -2.13. The highest BCUT2D eigenvalue weighted by Crippen LogP contribution is 2.37. The van der Waals surface area contributed by atoms with Gasteiger partial charge in [-0.3, -0.25) is 0 Å². The summed E-state index contributed by atoms with van der Waals surface area (Å²) in [6, 6.07) is 25.5. The fourth-order valence-corrected chi connectivity index (χ4v) is 4.28. The Kier molecular flexibility index (Phi) is 5.71. The van der Waals surface area contributed by atoms with Crippen molar-refractivity contribution in [2.45, 2.75) is 6.92 Å². The minimum Gasteiger partial charge on any atom is -0.497 e. The molecule has 0 spiro atoms. The molecule has 0 unspecified atom stereocenters. The summed E-state index contributed by atoms with van der Waals surface area (Å²) in [7, 11) is 1.67. The van der Waals surface area contributed by atoms with Crippen LogP contribution >= 0.6 is 23.2 Å². The Morgan fingerprint density at radius 3 is 2.15 bits per heavy atom. The van der Waals surface area contributed by atoms with E-state index < -0.39 is 0 Å². The summed E-state index contributed by atoms with van der Waals surface area (Å²) in [5, 5.41) is 7.84. The highest BCUT2D eigenvalue weighted by molar-refractivity contribution is 6.34. The molecule has 33 heavy (non-hydrogen) atoms. The number of halogens is 2. The molecule has 4 nitrogen and oxygen atoms in total. The van der Waals surface area contributed by atoms with Crippen LogP contribution in [-0.4, -0.2) is 16.9 Å². The van der Waals surface area contributed by atoms with E-state index in [9.17, 15) is 0 Å². The molecule has 1 aromatic heterocycles. The molecule has 0 aliphatic heterocycles. The molecular formula is C27H20Cl2N2O2. The molecule has 5 rings (SSSR count). The fraction of sp³-hybridized carbons (Fsp3) is 0.0741. The predicted molar refractivity (Wildman–Crippen MR) is 134 cm³/mol. The monoisotopic (exact) mass is 474 g/mol. The Labute approximate surface area is 201 Å². The van der Waals surface area contributed by atoms with Crippen LogP contribution in [0.25, 0.3) is 27.7 Å². The van der Waals surface area contributed by atoms with Gasteiger partial charge in [0.05, 0.1) is 19.0 Å². The van der Waals surface area contributed by atoms with Crippen LogP contribution in [0, 0.1) is 6.92 Å². The molecule has 0 aliphatic carbocycles. The number of methoxy groups -OCH3 is 1. The second kappa shape index (κ2) is 8.81. The SMILES string of the molecule is COc1ccc2cc(-c3c(Oc4ccc(C)cc4)cnn3-c3cc(Cl)cc(Cl)c3)ccc2c1. The van der Waals surface area contributed by atoms with Crippen molar-refractivity contribution in [3.05, 3.63) is 101 Å². The highest BCUT2D eigenvalue weighted by atomic mass is 35.5. The third kappa shape index (κ3) is 4.40. The van der Waals surface area contributed by atoms with Gasteiger partial charge in [-0.25, -0.2) is 4.68 Å². The smallest absolute Gasteiger partial charge is 0.173 e. The lowest BCUT2D eigenvalue weighted by atomic mass is 10.0. The summed E-state index contributed by atoms with van der Waals surface area (Å²) in [5.41, 5.74) is 3.66. The number of benzene rings is 4. The first kappa shape index (κ1) is 21.4. The number of aromatic nitrogens is 2. The average molecular weight is 475 g/mol. The molecule has 164 valence electrons. The largest absolute Gasteiger partial charge is 0.497 e. The van der Waals surface area contributed by atoms with Crippen molar-refractivity contribution in [1.82, 2.24) is 9.78 Å². The summed E-state index contributed by atoms with van der Waals surface area (Å²) in [6.07, 6.45) is 1.71. The minimum atomic E-state index is 0.533. The number of ether oxygens (including phenoxy) is 2. The number of rotatable bonds is 5. The molecule has 0 fully saturated rings. The number of hydrogen-bond donors (Lipinski definition) is 0. The van der Waals surface area contributed by atoms with Crippen LogP contribution < -0.4 is 9.47 Å². The second-order valence-electron chi connectivity index (χ2n) is 7.74. The molecule has 0 N–H and O–H groups in total. The van der Waals surface area contributed by atoms with Crippen molar-refractivity contribution in [3.8, 4) is 34.2 Å². The van der Waals surface area contributed by atoms with Crippen LogP contribution in [0.3, 0.4) is 0 Å². The van der Waals surface area contributed by atoms with Crippen LogP contribution in [0.1, 0.15) is 5.56 Å². The van der Waals surface area contributed by atoms with E-state index in [0.29, 0.717) is 15.8 Å². The van der Waals surface area contributed by atoms with Gasteiger partial charge in [-0.1, -0.05) is 59.1 Å². The van der Waals surface area contributed by atoms with E-state index in [1.165, 1.54) is 0 Å². The zero-order chi connectivity index (χ0) is 22.9. The van der Waals surface area contributed by atoms with E-state index in [2.05, 4.69) is 17.2 Å². The molecule has 1 heterocycles. The number of aryl methyl sites for hydroxylation is 1. The van der Waals surface area contributed by atoms with Crippen molar-refractivity contribution in [2.75, 3.05) is 7.11 Å². The van der Waals surface area contributed by atoms with E-state index in [4.69, 9.17) is 32.7 Å². The molecule has 5 aromatic rings. The first-order valence-corrected chi connectivity index (χ1v) is 11.1. The molecular weight excluding hydrogens is 455 g/mol. The predicted octanol–water partition coefficient (Wildman–Crippen LogP) is 8.11. The van der Waals surface area contributed by atoms with E-state index in [0.717, 1.165) is 44.8 Å². The second-order valence-corrected chi connectivity index (χ2v) is 8.61. The lowest BCUT2D eigenvalue weighted by molar-refractivity contribution is 0.415. The summed E-state index contributed by atoms with van der Waals surface area (Å²) >= 11 is 12.6. The molecule has 0 amide bonds. The molecule has 0 saturated heterocycles. The third-order valence-electron chi connectivity index (χ3n) is 5.40. The maximum absolute atomic E-state index is 6.29. The number of hydrogen-bond acceptors (Lipinski definition) is 3. The van der Waals surface area contributed by atoms with Crippen molar-refractivity contribution in [3.63, 3.8) is 0 Å². The Bertz CT molecular complexity index is 1440. The Hall–Kier alpha value is -3.47. The standard InChI is InChI=1S/C27H20Cl2N2O2/c1-17-3-8-24(9-4-17)33-26-16-30-31(23-14-21(28)13-22(29)15-23)27(26)20-6-5-19-12-25(32-2)10-7-18(19)11-20/h3-16H,1-2H3. The van der Waals surface area contributed by atoms with E-state index in [1.807, 2.05) is 67.6 Å². The topological polar surface area (TPSA) is 36.3 Å². The van der Waals surface area contributed by atoms with E-state index >= 15 is 0 Å². The summed E-state index contributed by atoms with van der Waals surface area (Å²) in [6.45, 7) is 2.04. The minimum absolute atomic E-state index is 0.533. The first-order chi connectivity index (χ1) is 16.0. The van der Waals surface area contributed by atoms with Crippen LogP contribution in [0.15, 0.2) is 85.1 Å². The number of fused-ring (bicyclic) bond motifs is 1. The highest BCUT2D eigenvalue weighted by Gasteiger charge is 2.18. The van der Waals surface area contributed by atoms with Gasteiger partial charge in [-0.05, 0) is 66.2 Å². The van der Waals surface area contributed by atoms with Crippen LogP contribution in [0.2, 0.25) is 10.0 Å². The molecule has 0 bridgehead atoms. The normalized spacial score (nSPS) is 11.0. The fourth-order valence-electron chi connectivity index (χ4n) is 3.76. The van der Waals surface area contributed by atoms with Crippen molar-refractivity contribution >= 4 is 34.0 Å². The van der Waals surface area contributed by atoms with Gasteiger partial charge in [0.25, 0.3) is 0 Å². The van der Waals surface area contributed by atoms with Gasteiger partial charge < -0.3 is 9.47 Å². The van der Waals surface area contributed by atoms with Gasteiger partial charge in [-0.15, -0.1) is 0 Å². The quantitative estimate of drug-likeness (QED) is 0.258. The van der Waals surface area contributed by atoms with Gasteiger partial charge >= 0.3 is 0 Å². The van der Waals surface area contributed by atoms with E-state index in [1.54, 1.807) is 24.1 Å². The third-order valence-corrected chi connectivity index (χ3v) is 5.83. The summed E-state index contributed by atoms with van der Waals surface area (Å²) < 4.78 is 13.4. The Morgan fingerprint density at radius 2 is 1.42 bits per heavy atom. The molecule has 6 heteroatoms. The van der Waals surface area contributed by atoms with Gasteiger partial charge in [0.1, 0.15) is 17.2 Å². The van der Waals surface area contributed by atoms with Crippen molar-refractivity contribution < 1.29 is 9.47 Å². The van der Waals surface area contributed by atoms with Crippen molar-refractivity contribution in [1.29, 1.82) is 0 Å². The zero-order valence-electron chi connectivity index (χ0n) is 18.0. The van der Waals surface area contributed by atoms with Gasteiger partial charge in [0.2, 0.25) is 0 Å². The summed E-state index contributed by atoms with van der Waals surface area (Å²) in [4.78, 5) is 0. The molecule has 4 aromatic carbocycles. The van der Waals surface area contributed by atoms with Gasteiger partial charge in [0, 0.05) is 15.6 Å². The average Bonchev–Trinajstić information content (AvgIpc) is 3.22. The molecule has 0 atom stereocenters. The van der Waals surface area contributed by atoms with Crippen LogP contribution in [0.4, 0.5) is 0 Å². The molecule has 0 saturated carbocycles.